The molecule has 1 aromatic rings. The van der Waals surface area contributed by atoms with Crippen LogP contribution in [-0.2, 0) is 11.2 Å². The molecule has 2 nitrogen and oxygen atoms in total. The van der Waals surface area contributed by atoms with Crippen LogP contribution in [0.15, 0.2) is 24.3 Å². The van der Waals surface area contributed by atoms with Crippen molar-refractivity contribution in [3.05, 3.63) is 35.4 Å². The van der Waals surface area contributed by atoms with Crippen molar-refractivity contribution in [2.75, 3.05) is 13.2 Å². The Bertz CT molecular complexity index is 305. The number of benzene rings is 1. The predicted molar refractivity (Wildman–Crippen MR) is 59.8 cm³/mol. The van der Waals surface area contributed by atoms with Gasteiger partial charge in [0.1, 0.15) is 0 Å². The summed E-state index contributed by atoms with van der Waals surface area (Å²) >= 11 is 0. The van der Waals surface area contributed by atoms with Crippen LogP contribution in [0.4, 0.5) is 0 Å². The average molecular weight is 206 g/mol. The lowest BCUT2D eigenvalue weighted by Crippen LogP contribution is -2.33. The van der Waals surface area contributed by atoms with Gasteiger partial charge in [-0.05, 0) is 25.3 Å². The molecule has 82 valence electrons. The molecule has 0 spiro atoms. The molecular formula is C13H18O2. The molecule has 2 atom stereocenters. The molecule has 0 aromatic heterocycles. The molecule has 0 amide bonds. The Morgan fingerprint density at radius 1 is 1.33 bits per heavy atom. The van der Waals surface area contributed by atoms with E-state index in [0.29, 0.717) is 13.2 Å². The van der Waals surface area contributed by atoms with Gasteiger partial charge in [0.25, 0.3) is 0 Å². The quantitative estimate of drug-likeness (QED) is 0.801. The van der Waals surface area contributed by atoms with Gasteiger partial charge in [-0.3, -0.25) is 0 Å². The lowest BCUT2D eigenvalue weighted by Gasteiger charge is -2.27. The largest absolute Gasteiger partial charge is 0.393 e. The number of rotatable bonds is 2. The normalized spacial score (nSPS) is 26.5. The summed E-state index contributed by atoms with van der Waals surface area (Å²) in [5, 5.41) is 9.80. The molecular weight excluding hydrogens is 188 g/mol. The SMILES string of the molecule is Cc1ccc(C[C@@H]2COCC[C@@H]2O)cc1. The van der Waals surface area contributed by atoms with E-state index in [1.54, 1.807) is 0 Å². The Morgan fingerprint density at radius 3 is 2.73 bits per heavy atom. The van der Waals surface area contributed by atoms with E-state index in [-0.39, 0.29) is 12.0 Å². The van der Waals surface area contributed by atoms with Crippen LogP contribution in [0, 0.1) is 12.8 Å². The minimum absolute atomic E-state index is 0.194. The molecule has 0 saturated carbocycles. The topological polar surface area (TPSA) is 29.5 Å². The third-order valence-corrected chi connectivity index (χ3v) is 3.05. The number of aryl methyl sites for hydroxylation is 1. The smallest absolute Gasteiger partial charge is 0.0615 e. The predicted octanol–water partition coefficient (Wildman–Crippen LogP) is 1.93. The second-order valence-electron chi connectivity index (χ2n) is 4.38. The number of ether oxygens (including phenoxy) is 1. The molecule has 1 N–H and O–H groups in total. The van der Waals surface area contributed by atoms with Crippen molar-refractivity contribution in [1.82, 2.24) is 0 Å². The van der Waals surface area contributed by atoms with Gasteiger partial charge in [0.2, 0.25) is 0 Å². The van der Waals surface area contributed by atoms with E-state index >= 15 is 0 Å². The number of aliphatic hydroxyl groups excluding tert-OH is 1. The van der Waals surface area contributed by atoms with E-state index < -0.39 is 0 Å². The highest BCUT2D eigenvalue weighted by atomic mass is 16.5. The van der Waals surface area contributed by atoms with Crippen molar-refractivity contribution < 1.29 is 9.84 Å². The highest BCUT2D eigenvalue weighted by molar-refractivity contribution is 5.21. The van der Waals surface area contributed by atoms with Crippen LogP contribution in [0.1, 0.15) is 17.5 Å². The molecule has 0 radical (unpaired) electrons. The van der Waals surface area contributed by atoms with Crippen molar-refractivity contribution in [3.8, 4) is 0 Å². The van der Waals surface area contributed by atoms with Gasteiger partial charge < -0.3 is 9.84 Å². The second-order valence-corrected chi connectivity index (χ2v) is 4.38. The molecule has 0 unspecified atom stereocenters. The average Bonchev–Trinajstić information content (AvgIpc) is 2.25. The molecule has 1 heterocycles. The molecule has 1 aromatic carbocycles. The molecule has 2 heteroatoms. The Kier molecular flexibility index (Phi) is 3.39. The van der Waals surface area contributed by atoms with Gasteiger partial charge in [-0.25, -0.2) is 0 Å². The van der Waals surface area contributed by atoms with Gasteiger partial charge in [-0.15, -0.1) is 0 Å². The Labute approximate surface area is 90.9 Å². The summed E-state index contributed by atoms with van der Waals surface area (Å²) < 4.78 is 5.39. The lowest BCUT2D eigenvalue weighted by molar-refractivity contribution is -0.0350. The van der Waals surface area contributed by atoms with Gasteiger partial charge in [0, 0.05) is 12.5 Å². The number of hydrogen-bond acceptors (Lipinski definition) is 2. The summed E-state index contributed by atoms with van der Waals surface area (Å²) in [6.07, 6.45) is 1.50. The van der Waals surface area contributed by atoms with Crippen LogP contribution in [-0.4, -0.2) is 24.4 Å². The summed E-state index contributed by atoms with van der Waals surface area (Å²) in [6, 6.07) is 8.50. The molecule has 0 aliphatic carbocycles. The maximum Gasteiger partial charge on any atom is 0.0615 e. The number of hydrogen-bond donors (Lipinski definition) is 1. The molecule has 15 heavy (non-hydrogen) atoms. The lowest BCUT2D eigenvalue weighted by atomic mass is 9.91. The minimum Gasteiger partial charge on any atom is -0.393 e. The first kappa shape index (κ1) is 10.7. The zero-order valence-corrected chi connectivity index (χ0v) is 9.15. The van der Waals surface area contributed by atoms with Crippen molar-refractivity contribution in [3.63, 3.8) is 0 Å². The molecule has 2 rings (SSSR count). The van der Waals surface area contributed by atoms with Gasteiger partial charge in [-0.1, -0.05) is 29.8 Å². The van der Waals surface area contributed by atoms with E-state index in [0.717, 1.165) is 12.8 Å². The van der Waals surface area contributed by atoms with Crippen LogP contribution in [0.5, 0.6) is 0 Å². The van der Waals surface area contributed by atoms with E-state index in [4.69, 9.17) is 4.74 Å². The molecule has 1 aliphatic rings. The van der Waals surface area contributed by atoms with Crippen LogP contribution >= 0.6 is 0 Å². The zero-order valence-electron chi connectivity index (χ0n) is 9.15. The van der Waals surface area contributed by atoms with Crippen molar-refractivity contribution >= 4 is 0 Å². The van der Waals surface area contributed by atoms with Crippen LogP contribution in [0.3, 0.4) is 0 Å². The van der Waals surface area contributed by atoms with Gasteiger partial charge >= 0.3 is 0 Å². The Morgan fingerprint density at radius 2 is 2.07 bits per heavy atom. The third-order valence-electron chi connectivity index (χ3n) is 3.05. The standard InChI is InChI=1S/C13H18O2/c1-10-2-4-11(5-3-10)8-12-9-15-7-6-13(12)14/h2-5,12-14H,6-9H2,1H3/t12-,13+/m1/s1. The summed E-state index contributed by atoms with van der Waals surface area (Å²) in [5.74, 6) is 0.265. The summed E-state index contributed by atoms with van der Waals surface area (Å²) in [5.41, 5.74) is 2.56. The first-order chi connectivity index (χ1) is 7.25. The van der Waals surface area contributed by atoms with Gasteiger partial charge in [-0.2, -0.15) is 0 Å². The minimum atomic E-state index is -0.194. The molecule has 1 fully saturated rings. The number of aliphatic hydroxyl groups is 1. The third kappa shape index (κ3) is 2.80. The van der Waals surface area contributed by atoms with E-state index in [1.807, 2.05) is 0 Å². The summed E-state index contributed by atoms with van der Waals surface area (Å²) in [7, 11) is 0. The van der Waals surface area contributed by atoms with Crippen molar-refractivity contribution in [1.29, 1.82) is 0 Å². The van der Waals surface area contributed by atoms with E-state index in [1.165, 1.54) is 11.1 Å². The fraction of sp³-hybridized carbons (Fsp3) is 0.538. The summed E-state index contributed by atoms with van der Waals surface area (Å²) in [4.78, 5) is 0. The molecule has 0 bridgehead atoms. The van der Waals surface area contributed by atoms with Crippen molar-refractivity contribution in [2.45, 2.75) is 25.9 Å². The summed E-state index contributed by atoms with van der Waals surface area (Å²) in [6.45, 7) is 3.48. The van der Waals surface area contributed by atoms with Gasteiger partial charge in [0.15, 0.2) is 0 Å². The van der Waals surface area contributed by atoms with Crippen LogP contribution in [0.25, 0.3) is 0 Å². The van der Waals surface area contributed by atoms with E-state index in [9.17, 15) is 5.11 Å². The Hall–Kier alpha value is -0.860. The maximum absolute atomic E-state index is 9.80. The highest BCUT2D eigenvalue weighted by Crippen LogP contribution is 2.19. The van der Waals surface area contributed by atoms with Crippen LogP contribution in [0.2, 0.25) is 0 Å². The highest BCUT2D eigenvalue weighted by Gasteiger charge is 2.23. The first-order valence-corrected chi connectivity index (χ1v) is 5.57. The maximum atomic E-state index is 9.80. The molecule has 1 saturated heterocycles. The second kappa shape index (κ2) is 4.77. The first-order valence-electron chi connectivity index (χ1n) is 5.57. The monoisotopic (exact) mass is 206 g/mol. The van der Waals surface area contributed by atoms with E-state index in [2.05, 4.69) is 31.2 Å². The van der Waals surface area contributed by atoms with Gasteiger partial charge in [0.05, 0.1) is 12.7 Å². The fourth-order valence-corrected chi connectivity index (χ4v) is 2.01. The Balaban J connectivity index is 1.98. The fourth-order valence-electron chi connectivity index (χ4n) is 2.01. The van der Waals surface area contributed by atoms with Crippen LogP contribution < -0.4 is 0 Å². The van der Waals surface area contributed by atoms with Crippen molar-refractivity contribution in [2.24, 2.45) is 5.92 Å². The molecule has 1 aliphatic heterocycles. The zero-order chi connectivity index (χ0) is 10.7.